The number of aromatic hydroxyl groups is 1. The third-order valence-corrected chi connectivity index (χ3v) is 4.78. The molecule has 0 saturated carbocycles. The van der Waals surface area contributed by atoms with E-state index < -0.39 is 12.1 Å². The normalized spacial score (nSPS) is 14.9. The minimum atomic E-state index is -5.08. The predicted molar refractivity (Wildman–Crippen MR) is 109 cm³/mol. The van der Waals surface area contributed by atoms with Gasteiger partial charge in [0.25, 0.3) is 5.91 Å². The van der Waals surface area contributed by atoms with Crippen LogP contribution in [0.5, 0.6) is 5.75 Å². The minimum Gasteiger partial charge on any atom is -0.508 e. The summed E-state index contributed by atoms with van der Waals surface area (Å²) in [6.45, 7) is 4.30. The second-order valence-corrected chi connectivity index (χ2v) is 7.39. The Morgan fingerprint density at radius 2 is 1.84 bits per heavy atom. The number of hydrogen-bond donors (Lipinski definition) is 4. The van der Waals surface area contributed by atoms with E-state index in [-0.39, 0.29) is 28.7 Å². The fourth-order valence-corrected chi connectivity index (χ4v) is 3.16. The molecule has 2 heterocycles. The summed E-state index contributed by atoms with van der Waals surface area (Å²) in [7, 11) is 0. The molecule has 1 aliphatic rings. The summed E-state index contributed by atoms with van der Waals surface area (Å²) in [5, 5.41) is 19.6. The first-order valence-electron chi connectivity index (χ1n) is 9.76. The van der Waals surface area contributed by atoms with Gasteiger partial charge in [-0.1, -0.05) is 12.1 Å². The number of nitrogens with one attached hydrogen (secondary N) is 2. The lowest BCUT2D eigenvalue weighted by Crippen LogP contribution is -2.45. The van der Waals surface area contributed by atoms with E-state index in [1.807, 2.05) is 12.1 Å². The smallest absolute Gasteiger partial charge is 0.490 e. The molecule has 0 unspecified atom stereocenters. The molecular formula is C21H24F3N3O5. The molecule has 8 nitrogen and oxygen atoms in total. The largest absolute Gasteiger partial charge is 0.508 e. The van der Waals surface area contributed by atoms with Crippen LogP contribution in [0.3, 0.4) is 0 Å². The van der Waals surface area contributed by atoms with E-state index in [4.69, 9.17) is 9.90 Å². The molecule has 2 aromatic rings. The Morgan fingerprint density at radius 1 is 1.22 bits per heavy atom. The number of amides is 1. The lowest BCUT2D eigenvalue weighted by Gasteiger charge is -2.32. The third kappa shape index (κ3) is 7.73. The number of aryl methyl sites for hydroxylation is 1. The molecule has 3 rings (SSSR count). The number of phenols is 1. The van der Waals surface area contributed by atoms with Crippen LogP contribution in [0.15, 0.2) is 41.3 Å². The van der Waals surface area contributed by atoms with Gasteiger partial charge in [-0.15, -0.1) is 0 Å². The van der Waals surface area contributed by atoms with Crippen molar-refractivity contribution in [3.05, 3.63) is 63.6 Å². The van der Waals surface area contributed by atoms with Crippen LogP contribution in [0, 0.1) is 6.92 Å². The van der Waals surface area contributed by atoms with E-state index in [2.05, 4.69) is 15.2 Å². The minimum absolute atomic E-state index is 0.0774. The Bertz CT molecular complexity index is 999. The number of hydrogen-bond acceptors (Lipinski definition) is 5. The van der Waals surface area contributed by atoms with Crippen LogP contribution >= 0.6 is 0 Å². The number of pyridine rings is 1. The number of H-pyrrole nitrogens is 1. The zero-order chi connectivity index (χ0) is 23.9. The van der Waals surface area contributed by atoms with E-state index in [9.17, 15) is 27.9 Å². The van der Waals surface area contributed by atoms with Crippen LogP contribution in [0.2, 0.25) is 0 Å². The number of carboxylic acid groups (broad SMARTS) is 1. The van der Waals surface area contributed by atoms with Crippen molar-refractivity contribution in [3.63, 3.8) is 0 Å². The highest BCUT2D eigenvalue weighted by atomic mass is 19.4. The Kier molecular flexibility index (Phi) is 8.41. The molecular weight excluding hydrogens is 431 g/mol. The number of carboxylic acids is 1. The van der Waals surface area contributed by atoms with Crippen LogP contribution in [0.4, 0.5) is 13.2 Å². The molecule has 0 atom stereocenters. The van der Waals surface area contributed by atoms with Crippen molar-refractivity contribution < 1.29 is 33.0 Å². The van der Waals surface area contributed by atoms with E-state index in [0.29, 0.717) is 0 Å². The summed E-state index contributed by atoms with van der Waals surface area (Å²) in [5.74, 6) is -2.79. The monoisotopic (exact) mass is 455 g/mol. The second-order valence-electron chi connectivity index (χ2n) is 7.39. The van der Waals surface area contributed by atoms with Gasteiger partial charge < -0.3 is 20.5 Å². The molecule has 0 bridgehead atoms. The molecule has 0 spiro atoms. The number of phenolic OH excluding ortho intramolecular Hbond substituents is 1. The number of aliphatic carboxylic acids is 1. The lowest BCUT2D eigenvalue weighted by molar-refractivity contribution is -0.192. The molecule has 0 aliphatic carbocycles. The number of benzene rings is 1. The maximum Gasteiger partial charge on any atom is 0.490 e. The molecule has 174 valence electrons. The number of likely N-dealkylation sites (tertiary alicyclic amines) is 1. The highest BCUT2D eigenvalue weighted by Crippen LogP contribution is 2.17. The van der Waals surface area contributed by atoms with Crippen molar-refractivity contribution in [2.24, 2.45) is 0 Å². The van der Waals surface area contributed by atoms with Crippen LogP contribution in [0.25, 0.3) is 0 Å². The molecule has 1 aliphatic heterocycles. The number of nitrogens with zero attached hydrogens (tertiary/aromatic N) is 1. The summed E-state index contributed by atoms with van der Waals surface area (Å²) >= 11 is 0. The van der Waals surface area contributed by atoms with Gasteiger partial charge in [0.2, 0.25) is 0 Å². The number of aromatic amines is 1. The van der Waals surface area contributed by atoms with Crippen LogP contribution in [-0.4, -0.2) is 57.3 Å². The quantitative estimate of drug-likeness (QED) is 0.562. The molecule has 1 fully saturated rings. The molecule has 1 amide bonds. The van der Waals surface area contributed by atoms with Crippen LogP contribution in [0.1, 0.15) is 34.5 Å². The summed E-state index contributed by atoms with van der Waals surface area (Å²) < 4.78 is 31.7. The highest BCUT2D eigenvalue weighted by molar-refractivity contribution is 5.94. The van der Waals surface area contributed by atoms with E-state index in [0.717, 1.165) is 43.7 Å². The molecule has 0 radical (unpaired) electrons. The van der Waals surface area contributed by atoms with Gasteiger partial charge in [-0.3, -0.25) is 14.5 Å². The number of rotatable bonds is 4. The SMILES string of the molecule is Cc1cc(=O)c(C(=O)NC2CCN(Cc3cccc(O)c3)CC2)c[nH]1.O=C(O)C(F)(F)F. The topological polar surface area (TPSA) is 123 Å². The third-order valence-electron chi connectivity index (χ3n) is 4.78. The Balaban J connectivity index is 0.000000451. The molecule has 32 heavy (non-hydrogen) atoms. The van der Waals surface area contributed by atoms with Gasteiger partial charge >= 0.3 is 12.1 Å². The van der Waals surface area contributed by atoms with E-state index in [1.165, 1.54) is 12.3 Å². The highest BCUT2D eigenvalue weighted by Gasteiger charge is 2.38. The van der Waals surface area contributed by atoms with Gasteiger partial charge in [-0.25, -0.2) is 4.79 Å². The number of carbonyl (C=O) groups excluding carboxylic acids is 1. The van der Waals surface area contributed by atoms with Crippen LogP contribution < -0.4 is 10.7 Å². The van der Waals surface area contributed by atoms with Crippen molar-refractivity contribution >= 4 is 11.9 Å². The average molecular weight is 455 g/mol. The van der Waals surface area contributed by atoms with E-state index >= 15 is 0 Å². The second kappa shape index (κ2) is 10.8. The predicted octanol–water partition coefficient (Wildman–Crippen LogP) is 2.42. The number of carbonyl (C=O) groups is 2. The van der Waals surface area contributed by atoms with Gasteiger partial charge in [0.1, 0.15) is 11.3 Å². The van der Waals surface area contributed by atoms with Crippen molar-refractivity contribution in [3.8, 4) is 5.75 Å². The van der Waals surface area contributed by atoms with Gasteiger partial charge in [0.15, 0.2) is 5.43 Å². The van der Waals surface area contributed by atoms with Crippen molar-refractivity contribution in [1.29, 1.82) is 0 Å². The van der Waals surface area contributed by atoms with Crippen molar-refractivity contribution in [2.75, 3.05) is 13.1 Å². The number of halogens is 3. The number of piperidine rings is 1. The Morgan fingerprint density at radius 3 is 2.38 bits per heavy atom. The standard InChI is InChI=1S/C19H23N3O3.C2HF3O2/c1-13-9-18(24)17(11-20-13)19(25)21-15-5-7-22(8-6-15)12-14-3-2-4-16(23)10-14;3-2(4,5)1(6)7/h2-4,9-11,15,23H,5-8,12H2,1H3,(H,20,24)(H,21,25);(H,6,7). The maximum absolute atomic E-state index is 12.3. The van der Waals surface area contributed by atoms with Gasteiger partial charge in [-0.2, -0.15) is 13.2 Å². The summed E-state index contributed by atoms with van der Waals surface area (Å²) in [6.07, 6.45) is -1.92. The summed E-state index contributed by atoms with van der Waals surface area (Å²) in [6, 6.07) is 8.80. The Labute approximate surface area is 181 Å². The zero-order valence-corrected chi connectivity index (χ0v) is 17.3. The van der Waals surface area contributed by atoms with Crippen molar-refractivity contribution in [2.45, 2.75) is 38.5 Å². The number of alkyl halides is 3. The molecule has 1 aromatic carbocycles. The van der Waals surface area contributed by atoms with Crippen molar-refractivity contribution in [1.82, 2.24) is 15.2 Å². The number of aromatic nitrogens is 1. The lowest BCUT2D eigenvalue weighted by atomic mass is 10.0. The fourth-order valence-electron chi connectivity index (χ4n) is 3.16. The average Bonchev–Trinajstić information content (AvgIpc) is 2.69. The van der Waals surface area contributed by atoms with Gasteiger partial charge in [0, 0.05) is 43.6 Å². The summed E-state index contributed by atoms with van der Waals surface area (Å²) in [4.78, 5) is 38.3. The molecule has 11 heteroatoms. The first kappa shape index (κ1) is 24.9. The summed E-state index contributed by atoms with van der Waals surface area (Å²) in [5.41, 5.74) is 1.72. The Hall–Kier alpha value is -3.34. The van der Waals surface area contributed by atoms with Gasteiger partial charge in [-0.05, 0) is 37.5 Å². The van der Waals surface area contributed by atoms with Crippen LogP contribution in [-0.2, 0) is 11.3 Å². The van der Waals surface area contributed by atoms with Gasteiger partial charge in [0.05, 0.1) is 0 Å². The zero-order valence-electron chi connectivity index (χ0n) is 17.3. The molecule has 1 aromatic heterocycles. The molecule has 1 saturated heterocycles. The first-order chi connectivity index (χ1) is 15.0. The maximum atomic E-state index is 12.3. The van der Waals surface area contributed by atoms with E-state index in [1.54, 1.807) is 19.1 Å². The molecule has 4 N–H and O–H groups in total. The first-order valence-corrected chi connectivity index (χ1v) is 9.76. The fraction of sp³-hybridized carbons (Fsp3) is 0.381.